The molecule has 1 aliphatic rings. The van der Waals surface area contributed by atoms with E-state index in [-0.39, 0.29) is 24.4 Å². The number of ether oxygens (including phenoxy) is 1. The van der Waals surface area contributed by atoms with Crippen molar-refractivity contribution in [1.29, 1.82) is 0 Å². The lowest BCUT2D eigenvalue weighted by molar-refractivity contribution is -0.146. The number of fused-ring (bicyclic) bond motifs is 1. The van der Waals surface area contributed by atoms with Gasteiger partial charge in [0.25, 0.3) is 5.91 Å². The number of rotatable bonds is 3. The molecule has 1 saturated heterocycles. The fourth-order valence-corrected chi connectivity index (χ4v) is 2.54. The Morgan fingerprint density at radius 2 is 2.18 bits per heavy atom. The van der Waals surface area contributed by atoms with Gasteiger partial charge in [-0.15, -0.1) is 12.4 Å². The van der Waals surface area contributed by atoms with Gasteiger partial charge >= 0.3 is 0 Å². The van der Waals surface area contributed by atoms with E-state index in [0.717, 1.165) is 23.3 Å². The molecule has 1 fully saturated rings. The number of nitrogens with zero attached hydrogens (tertiary/aromatic N) is 1. The van der Waals surface area contributed by atoms with E-state index in [4.69, 9.17) is 9.15 Å². The van der Waals surface area contributed by atoms with Gasteiger partial charge in [-0.25, -0.2) is 0 Å². The second-order valence-corrected chi connectivity index (χ2v) is 5.38. The molecule has 0 bridgehead atoms. The summed E-state index contributed by atoms with van der Waals surface area (Å²) in [6.07, 6.45) is -0.407. The summed E-state index contributed by atoms with van der Waals surface area (Å²) in [6, 6.07) is 9.71. The zero-order valence-electron chi connectivity index (χ0n) is 12.7. The lowest BCUT2D eigenvalue weighted by atomic mass is 10.1. The number of morpholine rings is 1. The van der Waals surface area contributed by atoms with Crippen molar-refractivity contribution in [2.45, 2.75) is 19.1 Å². The predicted molar refractivity (Wildman–Crippen MR) is 87.3 cm³/mol. The first-order valence-corrected chi connectivity index (χ1v) is 7.24. The van der Waals surface area contributed by atoms with Gasteiger partial charge in [-0.1, -0.05) is 18.2 Å². The molecule has 1 N–H and O–H groups in total. The molecule has 120 valence electrons. The standard InChI is InChI=1S/C16H20N2O3.ClH/c1-11(14-9-12-5-3-4-6-13(12)21-14)18(2)16(19)15-10-17-7-8-20-15;/h3-6,9,11,15,17H,7-8,10H2,1-2H3;1H. The van der Waals surface area contributed by atoms with Crippen molar-refractivity contribution < 1.29 is 13.9 Å². The number of para-hydroxylation sites is 1. The molecule has 1 aromatic heterocycles. The van der Waals surface area contributed by atoms with Crippen LogP contribution in [0, 0.1) is 0 Å². The van der Waals surface area contributed by atoms with Gasteiger partial charge in [-0.3, -0.25) is 4.79 Å². The van der Waals surface area contributed by atoms with Crippen molar-refractivity contribution >= 4 is 29.3 Å². The summed E-state index contributed by atoms with van der Waals surface area (Å²) in [5.74, 6) is 0.769. The maximum absolute atomic E-state index is 12.4. The van der Waals surface area contributed by atoms with Gasteiger partial charge in [-0.2, -0.15) is 0 Å². The van der Waals surface area contributed by atoms with E-state index < -0.39 is 6.10 Å². The van der Waals surface area contributed by atoms with Crippen molar-refractivity contribution in [2.75, 3.05) is 26.7 Å². The maximum atomic E-state index is 12.4. The van der Waals surface area contributed by atoms with Gasteiger partial charge in [0.2, 0.25) is 0 Å². The van der Waals surface area contributed by atoms with E-state index >= 15 is 0 Å². The second-order valence-electron chi connectivity index (χ2n) is 5.38. The smallest absolute Gasteiger partial charge is 0.253 e. The zero-order chi connectivity index (χ0) is 14.8. The molecule has 2 unspecified atom stereocenters. The highest BCUT2D eigenvalue weighted by molar-refractivity contribution is 5.85. The number of nitrogens with one attached hydrogen (secondary N) is 1. The fraction of sp³-hybridized carbons (Fsp3) is 0.438. The average Bonchev–Trinajstić information content (AvgIpc) is 2.97. The number of benzene rings is 1. The molecule has 5 nitrogen and oxygen atoms in total. The number of amides is 1. The highest BCUT2D eigenvalue weighted by atomic mass is 35.5. The summed E-state index contributed by atoms with van der Waals surface area (Å²) < 4.78 is 11.4. The highest BCUT2D eigenvalue weighted by Crippen LogP contribution is 2.27. The molecule has 1 amide bonds. The maximum Gasteiger partial charge on any atom is 0.253 e. The summed E-state index contributed by atoms with van der Waals surface area (Å²) >= 11 is 0. The van der Waals surface area contributed by atoms with Crippen LogP contribution in [0.15, 0.2) is 34.7 Å². The number of hydrogen-bond acceptors (Lipinski definition) is 4. The first-order valence-electron chi connectivity index (χ1n) is 7.24. The second kappa shape index (κ2) is 7.13. The van der Waals surface area contributed by atoms with Crippen LogP contribution in [0.25, 0.3) is 11.0 Å². The van der Waals surface area contributed by atoms with Crippen LogP contribution in [0.1, 0.15) is 18.7 Å². The summed E-state index contributed by atoms with van der Waals surface area (Å²) in [5, 5.41) is 4.23. The minimum atomic E-state index is -0.407. The van der Waals surface area contributed by atoms with Crippen LogP contribution in [0.5, 0.6) is 0 Å². The van der Waals surface area contributed by atoms with Gasteiger partial charge in [-0.05, 0) is 19.1 Å². The van der Waals surface area contributed by atoms with Crippen LogP contribution in [0.3, 0.4) is 0 Å². The van der Waals surface area contributed by atoms with Crippen LogP contribution in [0.2, 0.25) is 0 Å². The summed E-state index contributed by atoms with van der Waals surface area (Å²) in [7, 11) is 1.79. The molecule has 1 aliphatic heterocycles. The lowest BCUT2D eigenvalue weighted by Gasteiger charge is -2.30. The minimum absolute atomic E-state index is 0. The topological polar surface area (TPSA) is 54.7 Å². The molecule has 3 rings (SSSR count). The summed E-state index contributed by atoms with van der Waals surface area (Å²) in [4.78, 5) is 14.1. The number of likely N-dealkylation sites (N-methyl/N-ethyl adjacent to an activating group) is 1. The zero-order valence-corrected chi connectivity index (χ0v) is 13.6. The molecule has 0 saturated carbocycles. The largest absolute Gasteiger partial charge is 0.459 e. The van der Waals surface area contributed by atoms with E-state index in [0.29, 0.717) is 13.2 Å². The van der Waals surface area contributed by atoms with E-state index in [1.807, 2.05) is 37.3 Å². The predicted octanol–water partition coefficient (Wildman–Crippen LogP) is 2.36. The van der Waals surface area contributed by atoms with Gasteiger partial charge < -0.3 is 19.4 Å². The highest BCUT2D eigenvalue weighted by Gasteiger charge is 2.29. The van der Waals surface area contributed by atoms with Crippen molar-refractivity contribution in [2.24, 2.45) is 0 Å². The van der Waals surface area contributed by atoms with Gasteiger partial charge in [0.1, 0.15) is 17.4 Å². The van der Waals surface area contributed by atoms with E-state index in [1.165, 1.54) is 0 Å². The number of carbonyl (C=O) groups excluding carboxylic acids is 1. The molecule has 0 radical (unpaired) electrons. The minimum Gasteiger partial charge on any atom is -0.459 e. The molecule has 1 aromatic carbocycles. The molecule has 2 aromatic rings. The fourth-order valence-electron chi connectivity index (χ4n) is 2.54. The Hall–Kier alpha value is -1.56. The SMILES string of the molecule is CC(c1cc2ccccc2o1)N(C)C(=O)C1CNCCO1.Cl. The number of halogens is 1. The average molecular weight is 325 g/mol. The molecule has 0 aliphatic carbocycles. The van der Waals surface area contributed by atoms with E-state index in [9.17, 15) is 4.79 Å². The number of carbonyl (C=O) groups is 1. The summed E-state index contributed by atoms with van der Waals surface area (Å²) in [5.41, 5.74) is 0.843. The number of hydrogen-bond donors (Lipinski definition) is 1. The lowest BCUT2D eigenvalue weighted by Crippen LogP contribution is -2.48. The van der Waals surface area contributed by atoms with Crippen LogP contribution >= 0.6 is 12.4 Å². The normalized spacial score (nSPS) is 19.5. The monoisotopic (exact) mass is 324 g/mol. The van der Waals surface area contributed by atoms with Crippen LogP contribution in [-0.2, 0) is 9.53 Å². The first kappa shape index (κ1) is 16.8. The van der Waals surface area contributed by atoms with Crippen molar-refractivity contribution in [3.05, 3.63) is 36.1 Å². The molecule has 0 spiro atoms. The van der Waals surface area contributed by atoms with E-state index in [1.54, 1.807) is 11.9 Å². The third-order valence-electron chi connectivity index (χ3n) is 3.99. The van der Waals surface area contributed by atoms with Crippen LogP contribution in [-0.4, -0.2) is 43.7 Å². The quantitative estimate of drug-likeness (QED) is 0.941. The van der Waals surface area contributed by atoms with Crippen LogP contribution in [0.4, 0.5) is 0 Å². The third kappa shape index (κ3) is 3.27. The molecule has 22 heavy (non-hydrogen) atoms. The Morgan fingerprint density at radius 3 is 2.86 bits per heavy atom. The molecular formula is C16H21ClN2O3. The molecule has 6 heteroatoms. The van der Waals surface area contributed by atoms with Crippen molar-refractivity contribution in [1.82, 2.24) is 10.2 Å². The first-order chi connectivity index (χ1) is 10.2. The Balaban J connectivity index is 0.00000176. The Bertz CT molecular complexity index is 604. The van der Waals surface area contributed by atoms with E-state index in [2.05, 4.69) is 5.32 Å². The van der Waals surface area contributed by atoms with Crippen molar-refractivity contribution in [3.63, 3.8) is 0 Å². The molecule has 2 heterocycles. The molecular weight excluding hydrogens is 304 g/mol. The summed E-state index contributed by atoms with van der Waals surface area (Å²) in [6.45, 7) is 3.90. The molecule has 2 atom stereocenters. The van der Waals surface area contributed by atoms with Gasteiger partial charge in [0.15, 0.2) is 0 Å². The van der Waals surface area contributed by atoms with Crippen molar-refractivity contribution in [3.8, 4) is 0 Å². The number of furan rings is 1. The van der Waals surface area contributed by atoms with Gasteiger partial charge in [0, 0.05) is 25.5 Å². The Labute approximate surface area is 136 Å². The van der Waals surface area contributed by atoms with Crippen LogP contribution < -0.4 is 5.32 Å². The Kier molecular flexibility index (Phi) is 5.45. The third-order valence-corrected chi connectivity index (χ3v) is 3.99. The Morgan fingerprint density at radius 1 is 1.41 bits per heavy atom. The van der Waals surface area contributed by atoms with Gasteiger partial charge in [0.05, 0.1) is 12.6 Å².